The molecule has 14 heavy (non-hydrogen) atoms. The van der Waals surface area contributed by atoms with Gasteiger partial charge in [0.2, 0.25) is 6.10 Å². The normalized spacial score (nSPS) is 32.4. The van der Waals surface area contributed by atoms with Crippen LogP contribution in [0.25, 0.3) is 0 Å². The first-order valence-electron chi connectivity index (χ1n) is 3.80. The van der Waals surface area contributed by atoms with E-state index < -0.39 is 37.0 Å². The zero-order chi connectivity index (χ0) is 10.8. The summed E-state index contributed by atoms with van der Waals surface area (Å²) < 4.78 is 13.6. The van der Waals surface area contributed by atoms with E-state index in [-0.39, 0.29) is 0 Å². The highest BCUT2D eigenvalue weighted by molar-refractivity contribution is 5.89. The van der Waals surface area contributed by atoms with Gasteiger partial charge >= 0.3 is 17.7 Å². The molecule has 7 heteroatoms. The largest absolute Gasteiger partial charge is 0.443 e. The second-order valence-electron chi connectivity index (χ2n) is 2.61. The molecule has 0 saturated carbocycles. The monoisotopic (exact) mass is 206 g/mol. The molecule has 1 saturated heterocycles. The summed E-state index contributed by atoms with van der Waals surface area (Å²) in [4.78, 5) is 22.3. The molecule has 0 spiro atoms. The SMILES string of the molecule is COC1(CO)OC(=O)C(CO)OC1=O. The lowest BCUT2D eigenvalue weighted by Gasteiger charge is -2.33. The Bertz CT molecular complexity index is 244. The van der Waals surface area contributed by atoms with Gasteiger partial charge in [-0.05, 0) is 0 Å². The maximum absolute atomic E-state index is 11.2. The van der Waals surface area contributed by atoms with E-state index in [2.05, 4.69) is 14.2 Å². The number of ether oxygens (including phenoxy) is 3. The van der Waals surface area contributed by atoms with Gasteiger partial charge in [-0.3, -0.25) is 0 Å². The highest BCUT2D eigenvalue weighted by Crippen LogP contribution is 2.21. The molecule has 0 aliphatic carbocycles. The molecule has 1 aliphatic rings. The van der Waals surface area contributed by atoms with Crippen LogP contribution >= 0.6 is 0 Å². The Morgan fingerprint density at radius 3 is 2.57 bits per heavy atom. The number of aliphatic hydroxyl groups excluding tert-OH is 2. The van der Waals surface area contributed by atoms with Crippen LogP contribution in [-0.2, 0) is 23.8 Å². The van der Waals surface area contributed by atoms with Crippen molar-refractivity contribution in [3.8, 4) is 0 Å². The van der Waals surface area contributed by atoms with Crippen LogP contribution < -0.4 is 0 Å². The van der Waals surface area contributed by atoms with Crippen molar-refractivity contribution in [2.24, 2.45) is 0 Å². The zero-order valence-corrected chi connectivity index (χ0v) is 7.43. The Morgan fingerprint density at radius 1 is 1.50 bits per heavy atom. The van der Waals surface area contributed by atoms with Gasteiger partial charge in [0.05, 0.1) is 6.61 Å². The molecule has 1 fully saturated rings. The van der Waals surface area contributed by atoms with Crippen molar-refractivity contribution in [1.29, 1.82) is 0 Å². The highest BCUT2D eigenvalue weighted by Gasteiger charge is 2.51. The average Bonchev–Trinajstić information content (AvgIpc) is 2.21. The molecular formula is C7H10O7. The van der Waals surface area contributed by atoms with E-state index in [0.717, 1.165) is 7.11 Å². The minimum atomic E-state index is -2.09. The first-order chi connectivity index (χ1) is 6.59. The fourth-order valence-corrected chi connectivity index (χ4v) is 0.935. The highest BCUT2D eigenvalue weighted by atomic mass is 16.8. The van der Waals surface area contributed by atoms with Crippen LogP contribution in [0.3, 0.4) is 0 Å². The number of carbonyl (C=O) groups is 2. The number of methoxy groups -OCH3 is 1. The Kier molecular flexibility index (Phi) is 3.04. The Hall–Kier alpha value is -1.18. The Labute approximate surface area is 79.2 Å². The van der Waals surface area contributed by atoms with E-state index in [1.165, 1.54) is 0 Å². The van der Waals surface area contributed by atoms with Crippen LogP contribution in [-0.4, -0.2) is 54.4 Å². The Balaban J connectivity index is 2.85. The third kappa shape index (κ3) is 1.57. The molecule has 0 aromatic rings. The summed E-state index contributed by atoms with van der Waals surface area (Å²) >= 11 is 0. The van der Waals surface area contributed by atoms with Crippen molar-refractivity contribution >= 4 is 11.9 Å². The number of aliphatic hydroxyl groups is 2. The summed E-state index contributed by atoms with van der Waals surface area (Å²) in [6.07, 6.45) is -1.35. The summed E-state index contributed by atoms with van der Waals surface area (Å²) in [6.45, 7) is -1.51. The van der Waals surface area contributed by atoms with Crippen molar-refractivity contribution in [2.75, 3.05) is 20.3 Å². The summed E-state index contributed by atoms with van der Waals surface area (Å²) in [5, 5.41) is 17.4. The molecule has 1 rings (SSSR count). The van der Waals surface area contributed by atoms with Gasteiger partial charge in [0.25, 0.3) is 0 Å². The standard InChI is InChI=1S/C7H10O7/c1-12-7(3-9)6(11)13-4(2-8)5(10)14-7/h4,8-9H,2-3H2,1H3. The van der Waals surface area contributed by atoms with Crippen LogP contribution in [0.4, 0.5) is 0 Å². The molecule has 0 aromatic heterocycles. The number of esters is 2. The predicted molar refractivity (Wildman–Crippen MR) is 39.9 cm³/mol. The van der Waals surface area contributed by atoms with Crippen LogP contribution in [0.15, 0.2) is 0 Å². The van der Waals surface area contributed by atoms with Gasteiger partial charge in [-0.1, -0.05) is 0 Å². The van der Waals surface area contributed by atoms with Gasteiger partial charge in [0, 0.05) is 7.11 Å². The van der Waals surface area contributed by atoms with Crippen LogP contribution in [0, 0.1) is 0 Å². The van der Waals surface area contributed by atoms with Crippen molar-refractivity contribution in [3.63, 3.8) is 0 Å². The second kappa shape index (κ2) is 3.91. The Morgan fingerprint density at radius 2 is 2.14 bits per heavy atom. The second-order valence-corrected chi connectivity index (χ2v) is 2.61. The number of hydrogen-bond donors (Lipinski definition) is 2. The van der Waals surface area contributed by atoms with E-state index in [0.29, 0.717) is 0 Å². The van der Waals surface area contributed by atoms with Crippen LogP contribution in [0.2, 0.25) is 0 Å². The topological polar surface area (TPSA) is 102 Å². The fourth-order valence-electron chi connectivity index (χ4n) is 0.935. The van der Waals surface area contributed by atoms with Gasteiger partial charge in [-0.2, -0.15) is 0 Å². The lowest BCUT2D eigenvalue weighted by atomic mass is 10.2. The minimum Gasteiger partial charge on any atom is -0.443 e. The first kappa shape index (κ1) is 10.9. The summed E-state index contributed by atoms with van der Waals surface area (Å²) in [5.74, 6) is -4.09. The lowest BCUT2D eigenvalue weighted by Crippen LogP contribution is -2.57. The molecule has 0 amide bonds. The third-order valence-corrected chi connectivity index (χ3v) is 1.79. The van der Waals surface area contributed by atoms with E-state index >= 15 is 0 Å². The summed E-state index contributed by atoms with van der Waals surface area (Å²) in [7, 11) is 1.09. The van der Waals surface area contributed by atoms with Gasteiger partial charge in [-0.25, -0.2) is 9.59 Å². The minimum absolute atomic E-state index is 0.671. The molecule has 1 aliphatic heterocycles. The summed E-state index contributed by atoms with van der Waals surface area (Å²) in [6, 6.07) is 0. The lowest BCUT2D eigenvalue weighted by molar-refractivity contribution is -0.271. The van der Waals surface area contributed by atoms with Gasteiger partial charge in [0.15, 0.2) is 0 Å². The molecule has 2 atom stereocenters. The zero-order valence-electron chi connectivity index (χ0n) is 7.43. The molecule has 7 nitrogen and oxygen atoms in total. The van der Waals surface area contributed by atoms with Crippen LogP contribution in [0.1, 0.15) is 0 Å². The maximum Gasteiger partial charge on any atom is 0.383 e. The predicted octanol–water partition coefficient (Wildman–Crippen LogP) is -2.22. The van der Waals surface area contributed by atoms with Gasteiger partial charge in [-0.15, -0.1) is 0 Å². The quantitative estimate of drug-likeness (QED) is 0.504. The summed E-state index contributed by atoms with van der Waals surface area (Å²) in [5.41, 5.74) is 0. The van der Waals surface area contributed by atoms with E-state index in [9.17, 15) is 9.59 Å². The van der Waals surface area contributed by atoms with E-state index in [4.69, 9.17) is 10.2 Å². The van der Waals surface area contributed by atoms with Crippen LogP contribution in [0.5, 0.6) is 0 Å². The number of cyclic esters (lactones) is 2. The maximum atomic E-state index is 11.2. The van der Waals surface area contributed by atoms with Crippen molar-refractivity contribution in [2.45, 2.75) is 11.9 Å². The molecule has 0 aromatic carbocycles. The van der Waals surface area contributed by atoms with E-state index in [1.807, 2.05) is 0 Å². The molecule has 80 valence electrons. The third-order valence-electron chi connectivity index (χ3n) is 1.79. The first-order valence-corrected chi connectivity index (χ1v) is 3.80. The number of hydrogen-bond acceptors (Lipinski definition) is 7. The number of rotatable bonds is 3. The van der Waals surface area contributed by atoms with Crippen molar-refractivity contribution in [3.05, 3.63) is 0 Å². The molecule has 0 radical (unpaired) electrons. The van der Waals surface area contributed by atoms with Gasteiger partial charge < -0.3 is 24.4 Å². The number of carbonyl (C=O) groups excluding carboxylic acids is 2. The molecular weight excluding hydrogens is 196 g/mol. The average molecular weight is 206 g/mol. The fraction of sp³-hybridized carbons (Fsp3) is 0.714. The molecule has 0 bridgehead atoms. The van der Waals surface area contributed by atoms with Crippen molar-refractivity contribution in [1.82, 2.24) is 0 Å². The molecule has 2 unspecified atom stereocenters. The van der Waals surface area contributed by atoms with E-state index in [1.54, 1.807) is 0 Å². The van der Waals surface area contributed by atoms with Gasteiger partial charge in [0.1, 0.15) is 6.61 Å². The smallest absolute Gasteiger partial charge is 0.383 e. The van der Waals surface area contributed by atoms with Crippen molar-refractivity contribution < 1.29 is 34.0 Å². The molecule has 2 N–H and O–H groups in total. The molecule has 1 heterocycles.